The number of imide groups is 1. The summed E-state index contributed by atoms with van der Waals surface area (Å²) >= 11 is 0. The smallest absolute Gasteiger partial charge is 0.325 e. The number of nitrogens with one attached hydrogen (secondary N) is 1. The van der Waals surface area contributed by atoms with Crippen LogP contribution in [0.4, 0.5) is 13.6 Å². The van der Waals surface area contributed by atoms with Gasteiger partial charge in [-0.2, -0.15) is 0 Å². The molecule has 32 heavy (non-hydrogen) atoms. The average molecular weight is 445 g/mol. The Hall–Kier alpha value is -3.69. The highest BCUT2D eigenvalue weighted by atomic mass is 19.2. The van der Waals surface area contributed by atoms with Crippen molar-refractivity contribution in [3.63, 3.8) is 0 Å². The number of halogens is 2. The van der Waals surface area contributed by atoms with Crippen molar-refractivity contribution in [1.82, 2.24) is 15.1 Å². The summed E-state index contributed by atoms with van der Waals surface area (Å²) in [6.07, 6.45) is 0. The third kappa shape index (κ3) is 3.83. The Morgan fingerprint density at radius 1 is 1.09 bits per heavy atom. The number of hydrogen-bond donors (Lipinski definition) is 1. The fraction of sp³-hybridized carbons (Fsp3) is 0.318. The summed E-state index contributed by atoms with van der Waals surface area (Å²) in [7, 11) is 1.55. The Morgan fingerprint density at radius 2 is 1.81 bits per heavy atom. The van der Waals surface area contributed by atoms with Crippen LogP contribution in [0.3, 0.4) is 0 Å². The van der Waals surface area contributed by atoms with Gasteiger partial charge in [-0.15, -0.1) is 0 Å². The molecule has 0 bridgehead atoms. The molecular weight excluding hydrogens is 424 g/mol. The molecule has 168 valence electrons. The molecule has 8 nitrogen and oxygen atoms in total. The third-order valence-corrected chi connectivity index (χ3v) is 5.52. The fourth-order valence-electron chi connectivity index (χ4n) is 3.65. The van der Waals surface area contributed by atoms with E-state index in [0.29, 0.717) is 24.7 Å². The first-order valence-electron chi connectivity index (χ1n) is 9.91. The van der Waals surface area contributed by atoms with E-state index in [-0.39, 0.29) is 12.1 Å². The number of amides is 4. The summed E-state index contributed by atoms with van der Waals surface area (Å²) in [5.41, 5.74) is -0.747. The van der Waals surface area contributed by atoms with Gasteiger partial charge in [-0.1, -0.05) is 12.1 Å². The fourth-order valence-corrected chi connectivity index (χ4v) is 3.65. The molecule has 10 heteroatoms. The molecule has 4 rings (SSSR count). The SMILES string of the molecule is CN(Cc1ccc2c(c1)OCCO2)C(=O)CN1C(=O)NC(C)(c2ccc(F)c(F)c2)C1=O. The summed E-state index contributed by atoms with van der Waals surface area (Å²) < 4.78 is 37.9. The normalized spacial score (nSPS) is 19.7. The van der Waals surface area contributed by atoms with E-state index in [0.717, 1.165) is 22.6 Å². The molecule has 2 aromatic rings. The molecule has 0 saturated carbocycles. The summed E-state index contributed by atoms with van der Waals surface area (Å²) in [4.78, 5) is 40.2. The van der Waals surface area contributed by atoms with Crippen LogP contribution in [0.1, 0.15) is 18.1 Å². The Kier molecular flexibility index (Phi) is 5.45. The average Bonchev–Trinajstić information content (AvgIpc) is 2.99. The van der Waals surface area contributed by atoms with Gasteiger partial charge in [0.2, 0.25) is 5.91 Å². The van der Waals surface area contributed by atoms with Crippen molar-refractivity contribution >= 4 is 17.8 Å². The van der Waals surface area contributed by atoms with E-state index in [2.05, 4.69) is 5.32 Å². The second kappa shape index (κ2) is 8.10. The summed E-state index contributed by atoms with van der Waals surface area (Å²) in [5.74, 6) is -2.19. The number of carbonyl (C=O) groups excluding carboxylic acids is 3. The molecule has 1 fully saturated rings. The van der Waals surface area contributed by atoms with Gasteiger partial charge in [-0.3, -0.25) is 14.5 Å². The first-order chi connectivity index (χ1) is 15.2. The lowest BCUT2D eigenvalue weighted by Crippen LogP contribution is -2.43. The zero-order valence-corrected chi connectivity index (χ0v) is 17.5. The molecule has 1 unspecified atom stereocenters. The van der Waals surface area contributed by atoms with E-state index in [1.54, 1.807) is 25.2 Å². The minimum absolute atomic E-state index is 0.0781. The topological polar surface area (TPSA) is 88.2 Å². The number of fused-ring (bicyclic) bond motifs is 1. The van der Waals surface area contributed by atoms with Crippen molar-refractivity contribution in [1.29, 1.82) is 0 Å². The number of nitrogens with zero attached hydrogens (tertiary/aromatic N) is 2. The molecule has 2 aromatic carbocycles. The number of likely N-dealkylation sites (N-methyl/N-ethyl adjacent to an activating group) is 1. The number of ether oxygens (including phenoxy) is 2. The first kappa shape index (κ1) is 21.5. The lowest BCUT2D eigenvalue weighted by atomic mass is 9.92. The molecule has 1 saturated heterocycles. The maximum Gasteiger partial charge on any atom is 0.325 e. The molecule has 0 spiro atoms. The van der Waals surface area contributed by atoms with Gasteiger partial charge in [0.25, 0.3) is 5.91 Å². The summed E-state index contributed by atoms with van der Waals surface area (Å²) in [5, 5.41) is 2.47. The molecule has 2 heterocycles. The summed E-state index contributed by atoms with van der Waals surface area (Å²) in [6, 6.07) is 7.49. The van der Waals surface area contributed by atoms with Crippen molar-refractivity contribution in [3.8, 4) is 11.5 Å². The van der Waals surface area contributed by atoms with Crippen LogP contribution in [0.5, 0.6) is 11.5 Å². The molecule has 2 aliphatic heterocycles. The third-order valence-electron chi connectivity index (χ3n) is 5.52. The zero-order chi connectivity index (χ0) is 23.0. The van der Waals surface area contributed by atoms with E-state index in [4.69, 9.17) is 9.47 Å². The van der Waals surface area contributed by atoms with Crippen LogP contribution >= 0.6 is 0 Å². The van der Waals surface area contributed by atoms with Gasteiger partial charge < -0.3 is 19.7 Å². The molecule has 2 aliphatic rings. The predicted molar refractivity (Wildman–Crippen MR) is 108 cm³/mol. The van der Waals surface area contributed by atoms with E-state index >= 15 is 0 Å². The minimum atomic E-state index is -1.61. The Morgan fingerprint density at radius 3 is 2.53 bits per heavy atom. The van der Waals surface area contributed by atoms with Crippen molar-refractivity contribution in [3.05, 3.63) is 59.2 Å². The number of benzene rings is 2. The van der Waals surface area contributed by atoms with E-state index in [1.165, 1.54) is 17.9 Å². The monoisotopic (exact) mass is 445 g/mol. The molecule has 1 atom stereocenters. The lowest BCUT2D eigenvalue weighted by molar-refractivity contribution is -0.138. The van der Waals surface area contributed by atoms with Crippen LogP contribution in [-0.2, 0) is 21.7 Å². The second-order valence-electron chi connectivity index (χ2n) is 7.80. The van der Waals surface area contributed by atoms with E-state index in [9.17, 15) is 23.2 Å². The maximum absolute atomic E-state index is 13.7. The zero-order valence-electron chi connectivity index (χ0n) is 17.5. The van der Waals surface area contributed by atoms with Crippen LogP contribution < -0.4 is 14.8 Å². The van der Waals surface area contributed by atoms with Crippen molar-refractivity contribution in [2.45, 2.75) is 19.0 Å². The van der Waals surface area contributed by atoms with Gasteiger partial charge in [0.15, 0.2) is 23.1 Å². The van der Waals surface area contributed by atoms with Gasteiger partial charge >= 0.3 is 6.03 Å². The predicted octanol–water partition coefficient (Wildman–Crippen LogP) is 2.16. The van der Waals surface area contributed by atoms with Gasteiger partial charge in [0, 0.05) is 13.6 Å². The van der Waals surface area contributed by atoms with Crippen LogP contribution in [0.2, 0.25) is 0 Å². The van der Waals surface area contributed by atoms with Crippen LogP contribution in [0.25, 0.3) is 0 Å². The Balaban J connectivity index is 1.45. The van der Waals surface area contributed by atoms with Gasteiger partial charge in [-0.25, -0.2) is 13.6 Å². The maximum atomic E-state index is 13.7. The Labute approximate surface area is 182 Å². The number of urea groups is 1. The molecule has 0 radical (unpaired) electrons. The lowest BCUT2D eigenvalue weighted by Gasteiger charge is -2.24. The van der Waals surface area contributed by atoms with E-state index < -0.39 is 41.6 Å². The van der Waals surface area contributed by atoms with Gasteiger partial charge in [0.1, 0.15) is 25.3 Å². The minimum Gasteiger partial charge on any atom is -0.486 e. The van der Waals surface area contributed by atoms with Crippen LogP contribution in [-0.4, -0.2) is 54.5 Å². The molecule has 0 aliphatic carbocycles. The highest BCUT2D eigenvalue weighted by Crippen LogP contribution is 2.32. The second-order valence-corrected chi connectivity index (χ2v) is 7.80. The number of rotatable bonds is 5. The number of hydrogen-bond acceptors (Lipinski definition) is 5. The molecule has 1 N–H and O–H groups in total. The van der Waals surface area contributed by atoms with Crippen molar-refractivity contribution < 1.29 is 32.6 Å². The molecule has 4 amide bonds. The quantitative estimate of drug-likeness (QED) is 0.713. The first-order valence-corrected chi connectivity index (χ1v) is 9.91. The summed E-state index contributed by atoms with van der Waals surface area (Å²) in [6.45, 7) is 2.02. The highest BCUT2D eigenvalue weighted by molar-refractivity contribution is 6.09. The van der Waals surface area contributed by atoms with Crippen molar-refractivity contribution in [2.75, 3.05) is 26.8 Å². The Bertz CT molecular complexity index is 1110. The molecule has 0 aromatic heterocycles. The van der Waals surface area contributed by atoms with Crippen molar-refractivity contribution in [2.24, 2.45) is 0 Å². The molecular formula is C22H21F2N3O5. The standard InChI is InChI=1S/C22H21F2N3O5/c1-22(14-4-5-15(23)16(24)10-14)20(29)27(21(30)25-22)12-19(28)26(2)11-13-3-6-17-18(9-13)32-8-7-31-17/h3-6,9-10H,7-8,11-12H2,1-2H3,(H,25,30). The van der Waals surface area contributed by atoms with Gasteiger partial charge in [0.05, 0.1) is 0 Å². The van der Waals surface area contributed by atoms with Crippen LogP contribution in [0.15, 0.2) is 36.4 Å². The highest BCUT2D eigenvalue weighted by Gasteiger charge is 2.49. The van der Waals surface area contributed by atoms with Gasteiger partial charge in [-0.05, 0) is 42.3 Å². The number of carbonyl (C=O) groups is 3. The van der Waals surface area contributed by atoms with E-state index in [1.807, 2.05) is 0 Å². The van der Waals surface area contributed by atoms with Crippen LogP contribution in [0, 0.1) is 11.6 Å². The largest absolute Gasteiger partial charge is 0.486 e.